The number of hydrogen-bond donors (Lipinski definition) is 1. The number of thioether (sulfide) groups is 1. The first-order valence-electron chi connectivity index (χ1n) is 3.53. The molecule has 0 bridgehead atoms. The quantitative estimate of drug-likeness (QED) is 0.605. The average Bonchev–Trinajstić information content (AvgIpc) is 1.98. The smallest absolute Gasteiger partial charge is 0.0778 e. The summed E-state index contributed by atoms with van der Waals surface area (Å²) < 4.78 is 0. The lowest BCUT2D eigenvalue weighted by Crippen LogP contribution is -2.30. The molecule has 0 radical (unpaired) electrons. The van der Waals surface area contributed by atoms with E-state index in [2.05, 4.69) is 24.4 Å². The molecule has 2 heteroatoms. The molecule has 1 nitrogen and oxygen atoms in total. The average molecular weight is 157 g/mol. The fourth-order valence-corrected chi connectivity index (χ4v) is 1.20. The highest BCUT2D eigenvalue weighted by Gasteiger charge is 1.99. The standard InChI is InChI=1S/C8H15NS/c1-4-6-9-8(5-2)7-10-3/h2,8-9H,4,6-7H2,1,3H3. The SMILES string of the molecule is C#CC(CSC)NCCC. The molecule has 1 N–H and O–H groups in total. The van der Waals surface area contributed by atoms with Crippen LogP contribution >= 0.6 is 11.8 Å². The van der Waals surface area contributed by atoms with Crippen LogP contribution in [-0.4, -0.2) is 24.6 Å². The molecule has 0 aliphatic carbocycles. The maximum absolute atomic E-state index is 5.27. The molecule has 0 saturated heterocycles. The van der Waals surface area contributed by atoms with Gasteiger partial charge in [0.25, 0.3) is 0 Å². The summed E-state index contributed by atoms with van der Waals surface area (Å²) in [6.07, 6.45) is 8.49. The second kappa shape index (κ2) is 6.98. The topological polar surface area (TPSA) is 12.0 Å². The van der Waals surface area contributed by atoms with Crippen LogP contribution in [-0.2, 0) is 0 Å². The molecule has 1 unspecified atom stereocenters. The monoisotopic (exact) mass is 157 g/mol. The van der Waals surface area contributed by atoms with Crippen molar-refractivity contribution in [2.75, 3.05) is 18.6 Å². The molecule has 0 amide bonds. The number of rotatable bonds is 5. The Kier molecular flexibility index (Phi) is 6.89. The third kappa shape index (κ3) is 4.72. The zero-order valence-electron chi connectivity index (χ0n) is 6.68. The molecule has 58 valence electrons. The minimum atomic E-state index is 0.259. The summed E-state index contributed by atoms with van der Waals surface area (Å²) in [5.41, 5.74) is 0. The van der Waals surface area contributed by atoms with E-state index in [4.69, 9.17) is 6.42 Å². The fraction of sp³-hybridized carbons (Fsp3) is 0.750. The van der Waals surface area contributed by atoms with Crippen molar-refractivity contribution in [3.05, 3.63) is 0 Å². The van der Waals surface area contributed by atoms with E-state index in [9.17, 15) is 0 Å². The predicted octanol–water partition coefficient (Wildman–Crippen LogP) is 1.35. The highest BCUT2D eigenvalue weighted by Crippen LogP contribution is 1.95. The van der Waals surface area contributed by atoms with Gasteiger partial charge in [-0.1, -0.05) is 12.8 Å². The van der Waals surface area contributed by atoms with Crippen molar-refractivity contribution in [3.63, 3.8) is 0 Å². The maximum Gasteiger partial charge on any atom is 0.0778 e. The van der Waals surface area contributed by atoms with Crippen molar-refractivity contribution in [2.45, 2.75) is 19.4 Å². The molecule has 0 saturated carbocycles. The van der Waals surface area contributed by atoms with Gasteiger partial charge in [0.2, 0.25) is 0 Å². The van der Waals surface area contributed by atoms with E-state index in [1.54, 1.807) is 11.8 Å². The van der Waals surface area contributed by atoms with Gasteiger partial charge in [0, 0.05) is 5.75 Å². The van der Waals surface area contributed by atoms with Crippen molar-refractivity contribution < 1.29 is 0 Å². The second-order valence-electron chi connectivity index (χ2n) is 2.13. The van der Waals surface area contributed by atoms with E-state index < -0.39 is 0 Å². The molecular formula is C8H15NS. The van der Waals surface area contributed by atoms with Gasteiger partial charge >= 0.3 is 0 Å². The summed E-state index contributed by atoms with van der Waals surface area (Å²) in [4.78, 5) is 0. The summed E-state index contributed by atoms with van der Waals surface area (Å²) in [6, 6.07) is 0.259. The molecule has 0 aromatic rings. The molecule has 0 rings (SSSR count). The van der Waals surface area contributed by atoms with Gasteiger partial charge < -0.3 is 5.32 Å². The van der Waals surface area contributed by atoms with E-state index in [0.29, 0.717) is 0 Å². The van der Waals surface area contributed by atoms with Crippen LogP contribution < -0.4 is 5.32 Å². The maximum atomic E-state index is 5.27. The van der Waals surface area contributed by atoms with Gasteiger partial charge in [-0.25, -0.2) is 0 Å². The van der Waals surface area contributed by atoms with E-state index in [1.165, 1.54) is 0 Å². The van der Waals surface area contributed by atoms with Crippen molar-refractivity contribution in [2.24, 2.45) is 0 Å². The third-order valence-corrected chi connectivity index (χ3v) is 1.84. The van der Waals surface area contributed by atoms with Crippen molar-refractivity contribution in [1.29, 1.82) is 0 Å². The molecule has 1 atom stereocenters. The second-order valence-corrected chi connectivity index (χ2v) is 3.04. The Labute approximate surface area is 68.0 Å². The van der Waals surface area contributed by atoms with Crippen LogP contribution in [0.5, 0.6) is 0 Å². The van der Waals surface area contributed by atoms with E-state index in [1.807, 2.05) is 0 Å². The Morgan fingerprint density at radius 2 is 2.40 bits per heavy atom. The van der Waals surface area contributed by atoms with Gasteiger partial charge in [-0.3, -0.25) is 0 Å². The third-order valence-electron chi connectivity index (χ3n) is 1.18. The van der Waals surface area contributed by atoms with Crippen molar-refractivity contribution in [1.82, 2.24) is 5.32 Å². The van der Waals surface area contributed by atoms with E-state index >= 15 is 0 Å². The van der Waals surface area contributed by atoms with Gasteiger partial charge in [0.1, 0.15) is 0 Å². The molecular weight excluding hydrogens is 142 g/mol. The number of hydrogen-bond acceptors (Lipinski definition) is 2. The zero-order valence-corrected chi connectivity index (χ0v) is 7.50. The van der Waals surface area contributed by atoms with Crippen LogP contribution in [0.25, 0.3) is 0 Å². The molecule has 0 aromatic heterocycles. The van der Waals surface area contributed by atoms with Gasteiger partial charge in [-0.15, -0.1) is 6.42 Å². The van der Waals surface area contributed by atoms with Crippen LogP contribution in [0.2, 0.25) is 0 Å². The van der Waals surface area contributed by atoms with Crippen LogP contribution in [0.1, 0.15) is 13.3 Å². The summed E-state index contributed by atoms with van der Waals surface area (Å²) >= 11 is 1.78. The Morgan fingerprint density at radius 1 is 1.70 bits per heavy atom. The minimum absolute atomic E-state index is 0.259. The van der Waals surface area contributed by atoms with Crippen LogP contribution in [0.3, 0.4) is 0 Å². The molecule has 10 heavy (non-hydrogen) atoms. The summed E-state index contributed by atoms with van der Waals surface area (Å²) in [6.45, 7) is 3.16. The van der Waals surface area contributed by atoms with Gasteiger partial charge in [0.05, 0.1) is 6.04 Å². The normalized spacial score (nSPS) is 12.5. The summed E-state index contributed by atoms with van der Waals surface area (Å²) in [5, 5.41) is 3.26. The first-order valence-corrected chi connectivity index (χ1v) is 4.93. The van der Waals surface area contributed by atoms with E-state index in [0.717, 1.165) is 18.7 Å². The summed E-state index contributed by atoms with van der Waals surface area (Å²) in [5.74, 6) is 3.72. The van der Waals surface area contributed by atoms with Crippen LogP contribution in [0.15, 0.2) is 0 Å². The predicted molar refractivity (Wildman–Crippen MR) is 49.3 cm³/mol. The van der Waals surface area contributed by atoms with Gasteiger partial charge in [-0.2, -0.15) is 11.8 Å². The number of terminal acetylenes is 1. The molecule has 0 spiro atoms. The van der Waals surface area contributed by atoms with Crippen LogP contribution in [0, 0.1) is 12.3 Å². The lowest BCUT2D eigenvalue weighted by atomic mass is 10.3. The Bertz CT molecular complexity index is 106. The molecule has 0 aliphatic rings. The molecule has 0 aromatic carbocycles. The highest BCUT2D eigenvalue weighted by atomic mass is 32.2. The Balaban J connectivity index is 3.33. The van der Waals surface area contributed by atoms with Crippen molar-refractivity contribution in [3.8, 4) is 12.3 Å². The molecule has 0 aliphatic heterocycles. The Hall–Kier alpha value is -0.130. The highest BCUT2D eigenvalue weighted by molar-refractivity contribution is 7.98. The zero-order chi connectivity index (χ0) is 7.82. The lowest BCUT2D eigenvalue weighted by molar-refractivity contribution is 0.643. The minimum Gasteiger partial charge on any atom is -0.303 e. The van der Waals surface area contributed by atoms with Crippen LogP contribution in [0.4, 0.5) is 0 Å². The first kappa shape index (κ1) is 9.87. The van der Waals surface area contributed by atoms with E-state index in [-0.39, 0.29) is 6.04 Å². The largest absolute Gasteiger partial charge is 0.303 e. The van der Waals surface area contributed by atoms with Crippen molar-refractivity contribution >= 4 is 11.8 Å². The Morgan fingerprint density at radius 3 is 2.80 bits per heavy atom. The number of nitrogens with one attached hydrogen (secondary N) is 1. The summed E-state index contributed by atoms with van der Waals surface area (Å²) in [7, 11) is 0. The lowest BCUT2D eigenvalue weighted by Gasteiger charge is -2.09. The molecule has 0 heterocycles. The van der Waals surface area contributed by atoms with Gasteiger partial charge in [0.15, 0.2) is 0 Å². The fourth-order valence-electron chi connectivity index (χ4n) is 0.651. The first-order chi connectivity index (χ1) is 4.85. The molecule has 0 fully saturated rings. The van der Waals surface area contributed by atoms with Gasteiger partial charge in [-0.05, 0) is 19.2 Å².